The maximum atomic E-state index is 12.6. The number of ketones is 1. The van der Waals surface area contributed by atoms with Crippen molar-refractivity contribution in [3.8, 4) is 0 Å². The SMILES string of the molecule is Cc1ccc(C(=O)C2CC(=O)Nc3n[nH]c(C)c32)cc1. The monoisotopic (exact) mass is 269 g/mol. The molecule has 0 radical (unpaired) electrons. The van der Waals surface area contributed by atoms with E-state index in [1.54, 1.807) is 12.1 Å². The van der Waals surface area contributed by atoms with Crippen LogP contribution in [0.25, 0.3) is 0 Å². The van der Waals surface area contributed by atoms with Gasteiger partial charge in [0.1, 0.15) is 0 Å². The third-order valence-corrected chi connectivity index (χ3v) is 3.64. The second-order valence-corrected chi connectivity index (χ2v) is 5.15. The molecule has 0 bridgehead atoms. The first-order valence-corrected chi connectivity index (χ1v) is 6.52. The molecule has 1 amide bonds. The number of hydrogen-bond donors (Lipinski definition) is 2. The van der Waals surface area contributed by atoms with Gasteiger partial charge in [-0.1, -0.05) is 29.8 Å². The number of carbonyl (C=O) groups is 2. The summed E-state index contributed by atoms with van der Waals surface area (Å²) in [6.45, 7) is 3.83. The van der Waals surface area contributed by atoms with Crippen molar-refractivity contribution in [3.05, 3.63) is 46.6 Å². The summed E-state index contributed by atoms with van der Waals surface area (Å²) in [6.07, 6.45) is 0.167. The maximum Gasteiger partial charge on any atom is 0.226 e. The Labute approximate surface area is 116 Å². The van der Waals surface area contributed by atoms with Crippen molar-refractivity contribution < 1.29 is 9.59 Å². The molecular formula is C15H15N3O2. The smallest absolute Gasteiger partial charge is 0.226 e. The summed E-state index contributed by atoms with van der Waals surface area (Å²) in [5.41, 5.74) is 3.35. The average molecular weight is 269 g/mol. The van der Waals surface area contributed by atoms with E-state index in [0.717, 1.165) is 16.8 Å². The Bertz CT molecular complexity index is 686. The lowest BCUT2D eigenvalue weighted by atomic mass is 9.85. The molecule has 1 aliphatic heterocycles. The number of aromatic amines is 1. The fourth-order valence-corrected chi connectivity index (χ4v) is 2.57. The topological polar surface area (TPSA) is 74.8 Å². The van der Waals surface area contributed by atoms with Crippen LogP contribution < -0.4 is 5.32 Å². The number of carbonyl (C=O) groups excluding carboxylic acids is 2. The van der Waals surface area contributed by atoms with Gasteiger partial charge in [-0.05, 0) is 13.8 Å². The lowest BCUT2D eigenvalue weighted by molar-refractivity contribution is -0.116. The van der Waals surface area contributed by atoms with E-state index < -0.39 is 5.92 Å². The molecule has 0 saturated carbocycles. The molecule has 3 rings (SSSR count). The van der Waals surface area contributed by atoms with Gasteiger partial charge in [-0.25, -0.2) is 0 Å². The zero-order valence-corrected chi connectivity index (χ0v) is 11.4. The summed E-state index contributed by atoms with van der Waals surface area (Å²) in [4.78, 5) is 24.4. The van der Waals surface area contributed by atoms with Crippen LogP contribution in [0.4, 0.5) is 5.82 Å². The average Bonchev–Trinajstić information content (AvgIpc) is 2.79. The first kappa shape index (κ1) is 12.6. The molecular weight excluding hydrogens is 254 g/mol. The minimum Gasteiger partial charge on any atom is -0.309 e. The lowest BCUT2D eigenvalue weighted by Gasteiger charge is -2.21. The minimum atomic E-state index is -0.458. The van der Waals surface area contributed by atoms with Crippen LogP contribution in [0.3, 0.4) is 0 Å². The first-order chi connectivity index (χ1) is 9.56. The van der Waals surface area contributed by atoms with E-state index in [2.05, 4.69) is 15.5 Å². The van der Waals surface area contributed by atoms with Gasteiger partial charge in [-0.15, -0.1) is 0 Å². The molecule has 5 heteroatoms. The predicted octanol–water partition coefficient (Wildman–Crippen LogP) is 2.34. The van der Waals surface area contributed by atoms with E-state index in [-0.39, 0.29) is 18.1 Å². The van der Waals surface area contributed by atoms with Gasteiger partial charge in [0.25, 0.3) is 0 Å². The molecule has 1 aliphatic rings. The van der Waals surface area contributed by atoms with Crippen molar-refractivity contribution in [2.45, 2.75) is 26.2 Å². The summed E-state index contributed by atoms with van der Waals surface area (Å²) in [6, 6.07) is 7.41. The number of H-pyrrole nitrogens is 1. The number of fused-ring (bicyclic) bond motifs is 1. The van der Waals surface area contributed by atoms with E-state index >= 15 is 0 Å². The maximum absolute atomic E-state index is 12.6. The van der Waals surface area contributed by atoms with Gasteiger partial charge in [-0.2, -0.15) is 5.10 Å². The van der Waals surface area contributed by atoms with Crippen LogP contribution >= 0.6 is 0 Å². The van der Waals surface area contributed by atoms with Crippen LogP contribution in [0.2, 0.25) is 0 Å². The number of nitrogens with zero attached hydrogens (tertiary/aromatic N) is 1. The number of rotatable bonds is 2. The van der Waals surface area contributed by atoms with Crippen molar-refractivity contribution in [2.24, 2.45) is 0 Å². The van der Waals surface area contributed by atoms with Gasteiger partial charge >= 0.3 is 0 Å². The van der Waals surface area contributed by atoms with E-state index in [1.165, 1.54) is 0 Å². The van der Waals surface area contributed by atoms with Crippen LogP contribution in [0.15, 0.2) is 24.3 Å². The minimum absolute atomic E-state index is 0.0365. The van der Waals surface area contributed by atoms with E-state index in [4.69, 9.17) is 0 Å². The summed E-state index contributed by atoms with van der Waals surface area (Å²) >= 11 is 0. The third kappa shape index (κ3) is 2.01. The van der Waals surface area contributed by atoms with Gasteiger partial charge in [0.05, 0.1) is 5.92 Å². The summed E-state index contributed by atoms with van der Waals surface area (Å²) in [5.74, 6) is -0.190. The van der Waals surface area contributed by atoms with Gasteiger partial charge in [0, 0.05) is 23.2 Å². The Kier molecular flexibility index (Phi) is 2.89. The molecule has 1 aromatic heterocycles. The molecule has 2 aromatic rings. The summed E-state index contributed by atoms with van der Waals surface area (Å²) < 4.78 is 0. The molecule has 0 aliphatic carbocycles. The lowest BCUT2D eigenvalue weighted by Crippen LogP contribution is -2.27. The summed E-state index contributed by atoms with van der Waals surface area (Å²) in [5, 5.41) is 9.56. The second-order valence-electron chi connectivity index (χ2n) is 5.15. The number of amides is 1. The Hall–Kier alpha value is -2.43. The highest BCUT2D eigenvalue weighted by atomic mass is 16.2. The number of hydrogen-bond acceptors (Lipinski definition) is 3. The third-order valence-electron chi connectivity index (χ3n) is 3.64. The molecule has 1 unspecified atom stereocenters. The van der Waals surface area contributed by atoms with Crippen LogP contribution in [0.5, 0.6) is 0 Å². The Morgan fingerprint density at radius 1 is 1.25 bits per heavy atom. The van der Waals surface area contributed by atoms with Crippen LogP contribution in [0, 0.1) is 13.8 Å². The van der Waals surface area contributed by atoms with Crippen LogP contribution in [-0.4, -0.2) is 21.9 Å². The molecule has 5 nitrogen and oxygen atoms in total. The summed E-state index contributed by atoms with van der Waals surface area (Å²) in [7, 11) is 0. The zero-order valence-electron chi connectivity index (χ0n) is 11.4. The molecule has 1 atom stereocenters. The van der Waals surface area contributed by atoms with Gasteiger partial charge in [0.2, 0.25) is 5.91 Å². The van der Waals surface area contributed by atoms with Crippen molar-refractivity contribution in [1.82, 2.24) is 10.2 Å². The number of Topliss-reactive ketones (excluding diaryl/α,β-unsaturated/α-hetero) is 1. The largest absolute Gasteiger partial charge is 0.309 e. The van der Waals surface area contributed by atoms with E-state index in [1.807, 2.05) is 26.0 Å². The Morgan fingerprint density at radius 3 is 2.65 bits per heavy atom. The van der Waals surface area contributed by atoms with Crippen molar-refractivity contribution in [2.75, 3.05) is 5.32 Å². The number of aromatic nitrogens is 2. The molecule has 2 N–H and O–H groups in total. The van der Waals surface area contributed by atoms with Crippen molar-refractivity contribution in [1.29, 1.82) is 0 Å². The predicted molar refractivity (Wildman–Crippen MR) is 74.8 cm³/mol. The highest BCUT2D eigenvalue weighted by Crippen LogP contribution is 2.35. The molecule has 0 spiro atoms. The van der Waals surface area contributed by atoms with Crippen LogP contribution in [0.1, 0.15) is 39.5 Å². The van der Waals surface area contributed by atoms with Crippen molar-refractivity contribution in [3.63, 3.8) is 0 Å². The first-order valence-electron chi connectivity index (χ1n) is 6.52. The Morgan fingerprint density at radius 2 is 1.95 bits per heavy atom. The number of aryl methyl sites for hydroxylation is 2. The molecule has 1 aromatic carbocycles. The van der Waals surface area contributed by atoms with Crippen LogP contribution in [-0.2, 0) is 4.79 Å². The molecule has 102 valence electrons. The standard InChI is InChI=1S/C15H15N3O2/c1-8-3-5-10(6-4-8)14(20)11-7-12(19)16-15-13(11)9(2)17-18-15/h3-6,11H,7H2,1-2H3,(H2,16,17,18,19). The molecule has 2 heterocycles. The highest BCUT2D eigenvalue weighted by Gasteiger charge is 2.34. The zero-order chi connectivity index (χ0) is 14.3. The molecule has 0 saturated heterocycles. The van der Waals surface area contributed by atoms with E-state index in [0.29, 0.717) is 11.4 Å². The van der Waals surface area contributed by atoms with Crippen molar-refractivity contribution >= 4 is 17.5 Å². The van der Waals surface area contributed by atoms with Gasteiger partial charge in [0.15, 0.2) is 11.6 Å². The Balaban J connectivity index is 2.01. The fraction of sp³-hybridized carbons (Fsp3) is 0.267. The second kappa shape index (κ2) is 4.59. The number of benzene rings is 1. The normalized spacial score (nSPS) is 17.5. The number of nitrogens with one attached hydrogen (secondary N) is 2. The molecule has 20 heavy (non-hydrogen) atoms. The molecule has 0 fully saturated rings. The van der Waals surface area contributed by atoms with Gasteiger partial charge in [-0.3, -0.25) is 14.7 Å². The quantitative estimate of drug-likeness (QED) is 0.822. The van der Waals surface area contributed by atoms with E-state index in [9.17, 15) is 9.59 Å². The van der Waals surface area contributed by atoms with Gasteiger partial charge < -0.3 is 5.32 Å². The number of anilines is 1. The highest BCUT2D eigenvalue weighted by molar-refractivity contribution is 6.07. The fourth-order valence-electron chi connectivity index (χ4n) is 2.57.